The lowest BCUT2D eigenvalue weighted by Crippen LogP contribution is -2.25. The molecule has 0 saturated carbocycles. The second kappa shape index (κ2) is 5.65. The van der Waals surface area contributed by atoms with Crippen molar-refractivity contribution in [2.24, 2.45) is 7.05 Å². The number of carboxylic acid groups (broad SMARTS) is 1. The fourth-order valence-electron chi connectivity index (χ4n) is 1.65. The highest BCUT2D eigenvalue weighted by Crippen LogP contribution is 2.08. The zero-order chi connectivity index (χ0) is 12.1. The molecule has 90 valence electrons. The Bertz CT molecular complexity index is 360. The summed E-state index contributed by atoms with van der Waals surface area (Å²) in [5.41, 5.74) is 2.17. The van der Waals surface area contributed by atoms with Gasteiger partial charge in [0.15, 0.2) is 0 Å². The summed E-state index contributed by atoms with van der Waals surface area (Å²) in [5.74, 6) is -0.749. The third-order valence-electron chi connectivity index (χ3n) is 2.60. The number of hydrogen-bond acceptors (Lipinski definition) is 3. The van der Waals surface area contributed by atoms with Crippen molar-refractivity contribution in [1.29, 1.82) is 0 Å². The van der Waals surface area contributed by atoms with Gasteiger partial charge in [-0.05, 0) is 13.5 Å². The molecule has 5 nitrogen and oxygen atoms in total. The third-order valence-corrected chi connectivity index (χ3v) is 2.60. The predicted octanol–water partition coefficient (Wildman–Crippen LogP) is 1.03. The summed E-state index contributed by atoms with van der Waals surface area (Å²) in [4.78, 5) is 12.6. The summed E-state index contributed by atoms with van der Waals surface area (Å²) in [6, 6.07) is 0. The zero-order valence-corrected chi connectivity index (χ0v) is 10.1. The monoisotopic (exact) mass is 225 g/mol. The first-order valence-corrected chi connectivity index (χ1v) is 5.46. The summed E-state index contributed by atoms with van der Waals surface area (Å²) >= 11 is 0. The first-order chi connectivity index (χ1) is 7.52. The molecule has 1 heterocycles. The summed E-state index contributed by atoms with van der Waals surface area (Å²) < 4.78 is 1.79. The van der Waals surface area contributed by atoms with Crippen molar-refractivity contribution >= 4 is 5.97 Å². The number of nitrogens with zero attached hydrogens (tertiary/aromatic N) is 3. The van der Waals surface area contributed by atoms with E-state index in [2.05, 4.69) is 10.00 Å². The summed E-state index contributed by atoms with van der Waals surface area (Å²) in [6.45, 7) is 6.21. The van der Waals surface area contributed by atoms with Gasteiger partial charge in [0.25, 0.3) is 0 Å². The van der Waals surface area contributed by atoms with Gasteiger partial charge in [0.2, 0.25) is 0 Å². The van der Waals surface area contributed by atoms with Crippen LogP contribution in [0.1, 0.15) is 24.6 Å². The van der Waals surface area contributed by atoms with Gasteiger partial charge in [0.1, 0.15) is 0 Å². The van der Waals surface area contributed by atoms with Gasteiger partial charge in [-0.3, -0.25) is 14.4 Å². The first-order valence-electron chi connectivity index (χ1n) is 5.46. The SMILES string of the molecule is CCN(CCC(=O)O)Cc1cn(C)nc1C. The lowest BCUT2D eigenvalue weighted by atomic mass is 10.2. The molecule has 0 radical (unpaired) electrons. The Morgan fingerprint density at radius 3 is 2.75 bits per heavy atom. The molecule has 0 saturated heterocycles. The smallest absolute Gasteiger partial charge is 0.304 e. The summed E-state index contributed by atoms with van der Waals surface area (Å²) in [7, 11) is 1.89. The molecule has 1 rings (SSSR count). The standard InChI is InChI=1S/C11H19N3O2/c1-4-14(6-5-11(15)16)8-10-7-13(3)12-9(10)2/h7H,4-6,8H2,1-3H3,(H,15,16). The zero-order valence-electron chi connectivity index (χ0n) is 10.1. The van der Waals surface area contributed by atoms with Gasteiger partial charge in [-0.25, -0.2) is 0 Å². The Morgan fingerprint density at radius 1 is 1.62 bits per heavy atom. The van der Waals surface area contributed by atoms with E-state index in [9.17, 15) is 4.79 Å². The number of aromatic nitrogens is 2. The summed E-state index contributed by atoms with van der Waals surface area (Å²) in [6.07, 6.45) is 2.17. The predicted molar refractivity (Wildman–Crippen MR) is 61.1 cm³/mol. The molecule has 0 bridgehead atoms. The van der Waals surface area contributed by atoms with Crippen LogP contribution in [0.3, 0.4) is 0 Å². The van der Waals surface area contributed by atoms with E-state index in [-0.39, 0.29) is 6.42 Å². The van der Waals surface area contributed by atoms with Gasteiger partial charge in [0.05, 0.1) is 12.1 Å². The molecule has 1 aromatic rings. The fraction of sp³-hybridized carbons (Fsp3) is 0.636. The molecule has 1 N–H and O–H groups in total. The molecule has 0 aliphatic rings. The Kier molecular flexibility index (Phi) is 4.49. The largest absolute Gasteiger partial charge is 0.481 e. The molecular formula is C11H19N3O2. The van der Waals surface area contributed by atoms with Crippen LogP contribution >= 0.6 is 0 Å². The van der Waals surface area contributed by atoms with E-state index in [0.29, 0.717) is 6.54 Å². The minimum atomic E-state index is -0.749. The van der Waals surface area contributed by atoms with Gasteiger partial charge in [-0.15, -0.1) is 0 Å². The van der Waals surface area contributed by atoms with Crippen LogP contribution in [0.4, 0.5) is 0 Å². The highest BCUT2D eigenvalue weighted by molar-refractivity contribution is 5.66. The van der Waals surface area contributed by atoms with Crippen molar-refractivity contribution in [2.75, 3.05) is 13.1 Å². The molecule has 0 aliphatic carbocycles. The van der Waals surface area contributed by atoms with E-state index >= 15 is 0 Å². The number of carbonyl (C=O) groups is 1. The Morgan fingerprint density at radius 2 is 2.31 bits per heavy atom. The van der Waals surface area contributed by atoms with Gasteiger partial charge < -0.3 is 5.11 Å². The van der Waals surface area contributed by atoms with Crippen molar-refractivity contribution in [3.05, 3.63) is 17.5 Å². The molecular weight excluding hydrogens is 206 g/mol. The molecule has 5 heteroatoms. The first kappa shape index (κ1) is 12.7. The maximum absolute atomic E-state index is 10.5. The Balaban J connectivity index is 2.56. The number of aliphatic carboxylic acids is 1. The third kappa shape index (κ3) is 3.66. The maximum Gasteiger partial charge on any atom is 0.304 e. The van der Waals surface area contributed by atoms with Gasteiger partial charge >= 0.3 is 5.97 Å². The molecule has 0 aromatic carbocycles. The molecule has 0 amide bonds. The highest BCUT2D eigenvalue weighted by atomic mass is 16.4. The number of rotatable bonds is 6. The van der Waals surface area contributed by atoms with Gasteiger partial charge in [-0.2, -0.15) is 5.10 Å². The van der Waals surface area contributed by atoms with Crippen molar-refractivity contribution in [3.63, 3.8) is 0 Å². The van der Waals surface area contributed by atoms with E-state index < -0.39 is 5.97 Å². The van der Waals surface area contributed by atoms with Crippen LogP contribution in [0.25, 0.3) is 0 Å². The van der Waals surface area contributed by atoms with E-state index in [0.717, 1.165) is 24.3 Å². The Hall–Kier alpha value is -1.36. The van der Waals surface area contributed by atoms with Crippen molar-refractivity contribution in [2.45, 2.75) is 26.8 Å². The van der Waals surface area contributed by atoms with Gasteiger partial charge in [-0.1, -0.05) is 6.92 Å². The minimum absolute atomic E-state index is 0.188. The second-order valence-corrected chi connectivity index (χ2v) is 3.93. The highest BCUT2D eigenvalue weighted by Gasteiger charge is 2.09. The van der Waals surface area contributed by atoms with Crippen LogP contribution in [0.5, 0.6) is 0 Å². The van der Waals surface area contributed by atoms with E-state index in [1.54, 1.807) is 4.68 Å². The minimum Gasteiger partial charge on any atom is -0.481 e. The van der Waals surface area contributed by atoms with Gasteiger partial charge in [0, 0.05) is 31.9 Å². The Labute approximate surface area is 95.7 Å². The quantitative estimate of drug-likeness (QED) is 0.785. The van der Waals surface area contributed by atoms with Crippen LogP contribution in [0.15, 0.2) is 6.20 Å². The molecule has 0 atom stereocenters. The van der Waals surface area contributed by atoms with Crippen molar-refractivity contribution in [1.82, 2.24) is 14.7 Å². The maximum atomic E-state index is 10.5. The molecule has 0 unspecified atom stereocenters. The molecule has 0 spiro atoms. The van der Waals surface area contributed by atoms with E-state index in [1.165, 1.54) is 0 Å². The molecule has 0 aliphatic heterocycles. The van der Waals surface area contributed by atoms with Crippen LogP contribution in [0, 0.1) is 6.92 Å². The fourth-order valence-corrected chi connectivity index (χ4v) is 1.65. The van der Waals surface area contributed by atoms with Crippen LogP contribution in [-0.4, -0.2) is 38.8 Å². The molecule has 0 fully saturated rings. The lowest BCUT2D eigenvalue weighted by molar-refractivity contribution is -0.137. The molecule has 16 heavy (non-hydrogen) atoms. The number of aryl methyl sites for hydroxylation is 2. The number of carboxylic acids is 1. The van der Waals surface area contributed by atoms with E-state index in [1.807, 2.05) is 27.1 Å². The number of hydrogen-bond donors (Lipinski definition) is 1. The normalized spacial score (nSPS) is 11.0. The lowest BCUT2D eigenvalue weighted by Gasteiger charge is -2.18. The van der Waals surface area contributed by atoms with Crippen LogP contribution in [0.2, 0.25) is 0 Å². The van der Waals surface area contributed by atoms with Crippen LogP contribution < -0.4 is 0 Å². The second-order valence-electron chi connectivity index (χ2n) is 3.93. The van der Waals surface area contributed by atoms with Crippen molar-refractivity contribution < 1.29 is 9.90 Å². The topological polar surface area (TPSA) is 58.4 Å². The van der Waals surface area contributed by atoms with Crippen LogP contribution in [-0.2, 0) is 18.4 Å². The average molecular weight is 225 g/mol. The molecule has 1 aromatic heterocycles. The average Bonchev–Trinajstić information content (AvgIpc) is 2.51. The van der Waals surface area contributed by atoms with E-state index in [4.69, 9.17) is 5.11 Å². The van der Waals surface area contributed by atoms with Crippen molar-refractivity contribution in [3.8, 4) is 0 Å². The summed E-state index contributed by atoms with van der Waals surface area (Å²) in [5, 5.41) is 12.9.